The predicted octanol–water partition coefficient (Wildman–Crippen LogP) is 5.15. The fourth-order valence-electron chi connectivity index (χ4n) is 3.44. The molecule has 0 spiro atoms. The molecule has 10 heteroatoms. The number of benzene rings is 1. The largest absolute Gasteiger partial charge is 0.465 e. The average molecular weight is 474 g/mol. The number of nitrogens with zero attached hydrogens (tertiary/aromatic N) is 5. The summed E-state index contributed by atoms with van der Waals surface area (Å²) in [5.74, 6) is -0.597. The molecular weight excluding hydrogens is 446 g/mol. The van der Waals surface area contributed by atoms with Crippen LogP contribution in [0.2, 0.25) is 5.02 Å². The van der Waals surface area contributed by atoms with Gasteiger partial charge < -0.3 is 14.5 Å². The van der Waals surface area contributed by atoms with E-state index in [0.29, 0.717) is 35.7 Å². The number of esters is 1. The third-order valence-corrected chi connectivity index (χ3v) is 5.29. The molecule has 0 aliphatic heterocycles. The number of nitro groups is 1. The first-order valence-corrected chi connectivity index (χ1v) is 11.2. The van der Waals surface area contributed by atoms with Crippen molar-refractivity contribution in [2.24, 2.45) is 0 Å². The van der Waals surface area contributed by atoms with Crippen molar-refractivity contribution < 1.29 is 14.5 Å². The van der Waals surface area contributed by atoms with Crippen molar-refractivity contribution in [2.75, 3.05) is 36.0 Å². The summed E-state index contributed by atoms with van der Waals surface area (Å²) >= 11 is 6.43. The lowest BCUT2D eigenvalue weighted by molar-refractivity contribution is -0.383. The second kappa shape index (κ2) is 12.0. The van der Waals surface area contributed by atoms with E-state index in [4.69, 9.17) is 21.6 Å². The number of hydrogen-bond donors (Lipinski definition) is 0. The highest BCUT2D eigenvalue weighted by Crippen LogP contribution is 2.42. The summed E-state index contributed by atoms with van der Waals surface area (Å²) in [6.07, 6.45) is 1.81. The predicted molar refractivity (Wildman–Crippen MR) is 128 cm³/mol. The number of ether oxygens (including phenoxy) is 1. The van der Waals surface area contributed by atoms with Crippen molar-refractivity contribution in [2.45, 2.75) is 40.5 Å². The number of unbranched alkanes of at least 4 members (excludes halogenated alkanes) is 1. The molecule has 9 nitrogen and oxygen atoms in total. The van der Waals surface area contributed by atoms with Crippen LogP contribution in [0.1, 0.15) is 44.9 Å². The molecule has 0 radical (unpaired) electrons. The summed E-state index contributed by atoms with van der Waals surface area (Å²) in [6.45, 7) is 8.44. The lowest BCUT2D eigenvalue weighted by atomic mass is 10.1. The van der Waals surface area contributed by atoms with Crippen LogP contribution in [0.4, 0.5) is 22.9 Å². The van der Waals surface area contributed by atoms with E-state index in [9.17, 15) is 14.9 Å². The number of aryl methyl sites for hydroxylation is 1. The van der Waals surface area contributed by atoms with Gasteiger partial charge in [0.15, 0.2) is 0 Å². The zero-order valence-corrected chi connectivity index (χ0v) is 20.1. The van der Waals surface area contributed by atoms with E-state index in [1.54, 1.807) is 26.0 Å². The van der Waals surface area contributed by atoms with Crippen molar-refractivity contribution in [3.8, 4) is 6.07 Å². The molecule has 0 saturated carbocycles. The van der Waals surface area contributed by atoms with Gasteiger partial charge >= 0.3 is 11.7 Å². The summed E-state index contributed by atoms with van der Waals surface area (Å²) in [4.78, 5) is 32.0. The summed E-state index contributed by atoms with van der Waals surface area (Å²) < 4.78 is 5.10. The molecule has 0 fully saturated rings. The van der Waals surface area contributed by atoms with E-state index in [1.807, 2.05) is 17.9 Å². The zero-order chi connectivity index (χ0) is 24.5. The van der Waals surface area contributed by atoms with Crippen molar-refractivity contribution in [1.82, 2.24) is 4.98 Å². The maximum Gasteiger partial charge on any atom is 0.335 e. The molecule has 0 unspecified atom stereocenters. The summed E-state index contributed by atoms with van der Waals surface area (Å²) in [6, 6.07) is 8.20. The molecule has 0 amide bonds. The van der Waals surface area contributed by atoms with Crippen LogP contribution in [0.5, 0.6) is 0 Å². The van der Waals surface area contributed by atoms with Gasteiger partial charge in [-0.05, 0) is 51.5 Å². The number of nitriles is 1. The summed E-state index contributed by atoms with van der Waals surface area (Å²) in [5, 5.41) is 21.6. The highest BCUT2D eigenvalue weighted by molar-refractivity contribution is 6.33. The van der Waals surface area contributed by atoms with Crippen LogP contribution in [-0.4, -0.2) is 42.1 Å². The molecule has 1 aromatic heterocycles. The number of carbonyl (C=O) groups excluding carboxylic acids is 1. The van der Waals surface area contributed by atoms with E-state index in [0.717, 1.165) is 12.8 Å². The van der Waals surface area contributed by atoms with Crippen LogP contribution >= 0.6 is 11.6 Å². The Morgan fingerprint density at radius 1 is 1.27 bits per heavy atom. The van der Waals surface area contributed by atoms with Gasteiger partial charge in [0.25, 0.3) is 0 Å². The minimum atomic E-state index is -0.588. The van der Waals surface area contributed by atoms with Gasteiger partial charge in [-0.2, -0.15) is 5.26 Å². The summed E-state index contributed by atoms with van der Waals surface area (Å²) in [7, 11) is 0. The zero-order valence-electron chi connectivity index (χ0n) is 19.3. The van der Waals surface area contributed by atoms with Crippen molar-refractivity contribution in [3.63, 3.8) is 0 Å². The van der Waals surface area contributed by atoms with Gasteiger partial charge in [0.1, 0.15) is 12.2 Å². The SMILES string of the molecule is CCCCN(CC)c1cc(C)nc(N(CC(=O)OCC)c2ccc(C#N)cc2Cl)c1[N+](=O)[O-]. The van der Waals surface area contributed by atoms with Gasteiger partial charge in [0.2, 0.25) is 5.82 Å². The van der Waals surface area contributed by atoms with Crippen LogP contribution in [0.15, 0.2) is 24.3 Å². The standard InChI is InChI=1S/C23H28ClN5O4/c1-5-8-11-27(6-2)20-12-16(4)26-23(22(20)29(31)32)28(15-21(30)33-7-3)19-10-9-17(14-25)13-18(19)24/h9-10,12-13H,5-8,11,15H2,1-4H3. The Bertz CT molecular complexity index is 1050. The third kappa shape index (κ3) is 6.33. The molecule has 0 N–H and O–H groups in total. The topological polar surface area (TPSA) is 113 Å². The van der Waals surface area contributed by atoms with E-state index in [2.05, 4.69) is 11.9 Å². The lowest BCUT2D eigenvalue weighted by Crippen LogP contribution is -2.30. The maximum absolute atomic E-state index is 12.4. The Labute approximate surface area is 198 Å². The summed E-state index contributed by atoms with van der Waals surface area (Å²) in [5.41, 5.74) is 1.40. The lowest BCUT2D eigenvalue weighted by Gasteiger charge is -2.28. The van der Waals surface area contributed by atoms with Crippen LogP contribution in [0.3, 0.4) is 0 Å². The van der Waals surface area contributed by atoms with E-state index in [1.165, 1.54) is 17.0 Å². The fourth-order valence-corrected chi connectivity index (χ4v) is 3.72. The average Bonchev–Trinajstić information content (AvgIpc) is 2.77. The van der Waals surface area contributed by atoms with Crippen molar-refractivity contribution in [1.29, 1.82) is 5.26 Å². The molecule has 2 aromatic rings. The first kappa shape index (κ1) is 25.9. The molecular formula is C23H28ClN5O4. The van der Waals surface area contributed by atoms with Gasteiger partial charge in [0.05, 0.1) is 33.9 Å². The van der Waals surface area contributed by atoms with Gasteiger partial charge in [-0.25, -0.2) is 4.98 Å². The van der Waals surface area contributed by atoms with E-state index >= 15 is 0 Å². The first-order chi connectivity index (χ1) is 15.8. The molecule has 0 saturated heterocycles. The molecule has 2 rings (SSSR count). The second-order valence-electron chi connectivity index (χ2n) is 7.31. The van der Waals surface area contributed by atoms with Gasteiger partial charge in [-0.3, -0.25) is 14.9 Å². The third-order valence-electron chi connectivity index (χ3n) is 4.98. The second-order valence-corrected chi connectivity index (χ2v) is 7.72. The van der Waals surface area contributed by atoms with Gasteiger partial charge in [-0.15, -0.1) is 0 Å². The fraction of sp³-hybridized carbons (Fsp3) is 0.435. The van der Waals surface area contributed by atoms with Crippen LogP contribution in [-0.2, 0) is 9.53 Å². The van der Waals surface area contributed by atoms with Crippen LogP contribution in [0.25, 0.3) is 0 Å². The van der Waals surface area contributed by atoms with Crippen molar-refractivity contribution >= 4 is 40.5 Å². The maximum atomic E-state index is 12.4. The quantitative estimate of drug-likeness (QED) is 0.250. The Morgan fingerprint density at radius 3 is 2.55 bits per heavy atom. The molecule has 33 heavy (non-hydrogen) atoms. The van der Waals surface area contributed by atoms with E-state index in [-0.39, 0.29) is 29.7 Å². The Hall–Kier alpha value is -3.38. The van der Waals surface area contributed by atoms with Gasteiger partial charge in [0, 0.05) is 18.8 Å². The molecule has 0 aliphatic rings. The molecule has 1 heterocycles. The highest BCUT2D eigenvalue weighted by atomic mass is 35.5. The van der Waals surface area contributed by atoms with E-state index < -0.39 is 10.9 Å². The first-order valence-electron chi connectivity index (χ1n) is 10.8. The molecule has 0 bridgehead atoms. The number of carbonyl (C=O) groups is 1. The molecule has 1 aromatic carbocycles. The smallest absolute Gasteiger partial charge is 0.335 e. The number of aromatic nitrogens is 1. The van der Waals surface area contributed by atoms with Crippen molar-refractivity contribution in [3.05, 3.63) is 50.7 Å². The molecule has 0 aliphatic carbocycles. The Morgan fingerprint density at radius 2 is 2.00 bits per heavy atom. The normalized spacial score (nSPS) is 10.4. The number of hydrogen-bond acceptors (Lipinski definition) is 8. The number of rotatable bonds is 11. The number of anilines is 3. The highest BCUT2D eigenvalue weighted by Gasteiger charge is 2.32. The molecule has 0 atom stereocenters. The Balaban J connectivity index is 2.77. The molecule has 176 valence electrons. The number of pyridine rings is 1. The monoisotopic (exact) mass is 473 g/mol. The minimum absolute atomic E-state index is 0.00962. The van der Waals surface area contributed by atoms with Crippen LogP contribution in [0, 0.1) is 28.4 Å². The minimum Gasteiger partial charge on any atom is -0.465 e. The Kier molecular flexibility index (Phi) is 9.43. The van der Waals surface area contributed by atoms with Crippen LogP contribution < -0.4 is 9.80 Å². The number of halogens is 1. The van der Waals surface area contributed by atoms with Gasteiger partial charge in [-0.1, -0.05) is 24.9 Å².